The van der Waals surface area contributed by atoms with Crippen LogP contribution in [-0.4, -0.2) is 63.5 Å². The number of thioether (sulfide) groups is 1. The zero-order valence-electron chi connectivity index (χ0n) is 16.9. The van der Waals surface area contributed by atoms with Crippen LogP contribution in [-0.2, 0) is 16.6 Å². The van der Waals surface area contributed by atoms with Gasteiger partial charge in [0.2, 0.25) is 11.8 Å². The van der Waals surface area contributed by atoms with Gasteiger partial charge in [0.25, 0.3) is 0 Å². The van der Waals surface area contributed by atoms with Gasteiger partial charge in [-0.25, -0.2) is 0 Å². The third kappa shape index (κ3) is 5.48. The first kappa shape index (κ1) is 21.7. The molecule has 0 saturated heterocycles. The fraction of sp³-hybridized carbons (Fsp3) is 0.474. The fourth-order valence-corrected chi connectivity index (χ4v) is 3.45. The molecule has 0 aliphatic rings. The lowest BCUT2D eigenvalue weighted by atomic mass is 10.2. The van der Waals surface area contributed by atoms with Crippen molar-refractivity contribution >= 4 is 23.6 Å². The molecule has 0 fully saturated rings. The topological polar surface area (TPSA) is 89.3 Å². The Morgan fingerprint density at radius 1 is 1.29 bits per heavy atom. The minimum absolute atomic E-state index is 0.0442. The predicted octanol–water partition coefficient (Wildman–Crippen LogP) is 1.96. The molecule has 1 aromatic heterocycles. The minimum Gasteiger partial charge on any atom is -0.496 e. The Morgan fingerprint density at radius 3 is 2.64 bits per heavy atom. The summed E-state index contributed by atoms with van der Waals surface area (Å²) >= 11 is 1.29. The number of aromatic nitrogens is 3. The number of benzene rings is 1. The highest BCUT2D eigenvalue weighted by Crippen LogP contribution is 2.29. The molecule has 0 spiro atoms. The molecule has 2 aromatic rings. The van der Waals surface area contributed by atoms with Crippen LogP contribution in [0.1, 0.15) is 20.8 Å². The van der Waals surface area contributed by atoms with Crippen LogP contribution in [0.4, 0.5) is 0 Å². The molecule has 1 heterocycles. The maximum atomic E-state index is 12.5. The third-order valence-corrected chi connectivity index (χ3v) is 5.03. The average Bonchev–Trinajstić information content (AvgIpc) is 3.03. The van der Waals surface area contributed by atoms with Gasteiger partial charge in [-0.1, -0.05) is 23.9 Å². The molecule has 1 N–H and O–H groups in total. The Balaban J connectivity index is 2.03. The first-order valence-electron chi connectivity index (χ1n) is 9.10. The van der Waals surface area contributed by atoms with Crippen LogP contribution in [0.3, 0.4) is 0 Å². The highest BCUT2D eigenvalue weighted by Gasteiger charge is 2.19. The second kappa shape index (κ2) is 10.1. The van der Waals surface area contributed by atoms with E-state index in [0.29, 0.717) is 23.3 Å². The van der Waals surface area contributed by atoms with Gasteiger partial charge >= 0.3 is 0 Å². The number of ether oxygens (including phenoxy) is 1. The maximum Gasteiger partial charge on any atom is 0.239 e. The van der Waals surface area contributed by atoms with Gasteiger partial charge in [0, 0.05) is 19.6 Å². The van der Waals surface area contributed by atoms with E-state index < -0.39 is 0 Å². The van der Waals surface area contributed by atoms with Crippen molar-refractivity contribution in [3.63, 3.8) is 0 Å². The van der Waals surface area contributed by atoms with Crippen molar-refractivity contribution < 1.29 is 14.3 Å². The lowest BCUT2D eigenvalue weighted by Gasteiger charge is -2.20. The number of likely N-dealkylation sites (N-methyl/N-ethyl adjacent to an activating group) is 1. The quantitative estimate of drug-likeness (QED) is 0.642. The number of methoxy groups -OCH3 is 1. The molecule has 8 nitrogen and oxygen atoms in total. The largest absolute Gasteiger partial charge is 0.496 e. The van der Waals surface area contributed by atoms with Gasteiger partial charge in [0.15, 0.2) is 11.0 Å². The van der Waals surface area contributed by atoms with Crippen molar-refractivity contribution in [2.75, 3.05) is 26.0 Å². The van der Waals surface area contributed by atoms with E-state index >= 15 is 0 Å². The monoisotopic (exact) mass is 405 g/mol. The zero-order chi connectivity index (χ0) is 20.7. The normalized spacial score (nSPS) is 10.8. The van der Waals surface area contributed by atoms with Crippen LogP contribution in [0, 0.1) is 0 Å². The van der Waals surface area contributed by atoms with Crippen LogP contribution in [0.25, 0.3) is 11.4 Å². The molecule has 28 heavy (non-hydrogen) atoms. The highest BCUT2D eigenvalue weighted by molar-refractivity contribution is 7.99. The Hall–Kier alpha value is -2.55. The molecule has 0 aliphatic carbocycles. The number of nitrogens with one attached hydrogen (secondary N) is 1. The summed E-state index contributed by atoms with van der Waals surface area (Å²) in [6, 6.07) is 7.62. The average molecular weight is 406 g/mol. The molecule has 0 bridgehead atoms. The smallest absolute Gasteiger partial charge is 0.239 e. The maximum absolute atomic E-state index is 12.5. The number of hydrogen-bond acceptors (Lipinski definition) is 6. The van der Waals surface area contributed by atoms with Gasteiger partial charge in [0.1, 0.15) is 5.75 Å². The molecule has 0 aliphatic heterocycles. The van der Waals surface area contributed by atoms with Gasteiger partial charge in [-0.2, -0.15) is 0 Å². The zero-order valence-corrected chi connectivity index (χ0v) is 17.7. The predicted molar refractivity (Wildman–Crippen MR) is 109 cm³/mol. The van der Waals surface area contributed by atoms with Crippen LogP contribution in [0.2, 0.25) is 0 Å². The lowest BCUT2D eigenvalue weighted by Crippen LogP contribution is -2.43. The standard InChI is InChI=1S/C19H27N5O3S/c1-6-24(11-16(25)20-13(2)3)17(26)12-28-19-22-21-18(23(19)4)14-9-7-8-10-15(14)27-5/h7-10,13H,6,11-12H2,1-5H3,(H,20,25). The number of carbonyl (C=O) groups is 2. The first-order chi connectivity index (χ1) is 13.4. The lowest BCUT2D eigenvalue weighted by molar-refractivity contribution is -0.134. The fourth-order valence-electron chi connectivity index (χ4n) is 2.64. The Bertz CT molecular complexity index is 822. The summed E-state index contributed by atoms with van der Waals surface area (Å²) in [6.45, 7) is 6.15. The Labute approximate surface area is 169 Å². The Kier molecular flexibility index (Phi) is 7.86. The first-order valence-corrected chi connectivity index (χ1v) is 10.1. The van der Waals surface area contributed by atoms with E-state index in [-0.39, 0.29) is 30.2 Å². The molecule has 1 aromatic carbocycles. The molecule has 0 saturated carbocycles. The van der Waals surface area contributed by atoms with Crippen molar-refractivity contribution in [3.05, 3.63) is 24.3 Å². The molecule has 0 unspecified atom stereocenters. The van der Waals surface area contributed by atoms with Gasteiger partial charge < -0.3 is 19.5 Å². The molecule has 2 rings (SSSR count). The number of para-hydroxylation sites is 1. The van der Waals surface area contributed by atoms with E-state index in [1.165, 1.54) is 16.7 Å². The summed E-state index contributed by atoms with van der Waals surface area (Å²) in [5.41, 5.74) is 0.832. The summed E-state index contributed by atoms with van der Waals surface area (Å²) in [4.78, 5) is 26.0. The summed E-state index contributed by atoms with van der Waals surface area (Å²) in [5, 5.41) is 11.9. The second-order valence-corrected chi connectivity index (χ2v) is 7.43. The number of amides is 2. The number of rotatable bonds is 9. The van der Waals surface area contributed by atoms with Crippen LogP contribution in [0.15, 0.2) is 29.4 Å². The summed E-state index contributed by atoms with van der Waals surface area (Å²) in [5.74, 6) is 1.27. The summed E-state index contributed by atoms with van der Waals surface area (Å²) in [7, 11) is 3.46. The van der Waals surface area contributed by atoms with Crippen LogP contribution < -0.4 is 10.1 Å². The van der Waals surface area contributed by atoms with Gasteiger partial charge in [-0.05, 0) is 32.9 Å². The van der Waals surface area contributed by atoms with E-state index in [0.717, 1.165) is 5.56 Å². The van der Waals surface area contributed by atoms with E-state index in [1.807, 2.05) is 56.7 Å². The van der Waals surface area contributed by atoms with Crippen LogP contribution in [0.5, 0.6) is 5.75 Å². The minimum atomic E-state index is -0.160. The molecule has 0 radical (unpaired) electrons. The SMILES string of the molecule is CCN(CC(=O)NC(C)C)C(=O)CSc1nnc(-c2ccccc2OC)n1C. The van der Waals surface area contributed by atoms with Crippen molar-refractivity contribution in [2.45, 2.75) is 32.0 Å². The second-order valence-electron chi connectivity index (χ2n) is 6.48. The molecule has 152 valence electrons. The number of carbonyl (C=O) groups excluding carboxylic acids is 2. The molecular weight excluding hydrogens is 378 g/mol. The van der Waals surface area contributed by atoms with Gasteiger partial charge in [0.05, 0.1) is 25.0 Å². The molecule has 9 heteroatoms. The number of nitrogens with zero attached hydrogens (tertiary/aromatic N) is 4. The third-order valence-electron chi connectivity index (χ3n) is 4.03. The molecule has 2 amide bonds. The van der Waals surface area contributed by atoms with E-state index in [9.17, 15) is 9.59 Å². The number of hydrogen-bond donors (Lipinski definition) is 1. The van der Waals surface area contributed by atoms with E-state index in [2.05, 4.69) is 15.5 Å². The van der Waals surface area contributed by atoms with E-state index in [1.54, 1.807) is 7.11 Å². The summed E-state index contributed by atoms with van der Waals surface area (Å²) < 4.78 is 7.22. The van der Waals surface area contributed by atoms with E-state index in [4.69, 9.17) is 4.74 Å². The van der Waals surface area contributed by atoms with Crippen molar-refractivity contribution in [3.8, 4) is 17.1 Å². The van der Waals surface area contributed by atoms with Crippen LogP contribution >= 0.6 is 11.8 Å². The van der Waals surface area contributed by atoms with Gasteiger partial charge in [-0.15, -0.1) is 10.2 Å². The van der Waals surface area contributed by atoms with Gasteiger partial charge in [-0.3, -0.25) is 9.59 Å². The van der Waals surface area contributed by atoms with Crippen molar-refractivity contribution in [1.82, 2.24) is 25.0 Å². The Morgan fingerprint density at radius 2 is 2.00 bits per heavy atom. The van der Waals surface area contributed by atoms with Crippen molar-refractivity contribution in [2.24, 2.45) is 7.05 Å². The molecular formula is C19H27N5O3S. The summed E-state index contributed by atoms with van der Waals surface area (Å²) in [6.07, 6.45) is 0. The highest BCUT2D eigenvalue weighted by atomic mass is 32.2. The molecule has 0 atom stereocenters. The van der Waals surface area contributed by atoms with Crippen molar-refractivity contribution in [1.29, 1.82) is 0 Å².